The summed E-state index contributed by atoms with van der Waals surface area (Å²) < 4.78 is 19.8. The van der Waals surface area contributed by atoms with Gasteiger partial charge in [0.05, 0.1) is 25.1 Å². The summed E-state index contributed by atoms with van der Waals surface area (Å²) in [5, 5.41) is 3.90. The highest BCUT2D eigenvalue weighted by molar-refractivity contribution is 6.09. The maximum absolute atomic E-state index is 13.4. The van der Waals surface area contributed by atoms with E-state index in [-0.39, 0.29) is 11.3 Å². The maximum Gasteiger partial charge on any atom is 0.217 e. The Morgan fingerprint density at radius 2 is 2.24 bits per heavy atom. The van der Waals surface area contributed by atoms with Crippen LogP contribution in [0.15, 0.2) is 24.7 Å². The molecular weight excluding hydrogens is 225 g/mol. The number of halogens is 1. The Morgan fingerprint density at radius 1 is 1.47 bits per heavy atom. The zero-order chi connectivity index (χ0) is 12.4. The normalized spacial score (nSPS) is 10.3. The molecule has 2 heterocycles. The van der Waals surface area contributed by atoms with Crippen molar-refractivity contribution < 1.29 is 13.9 Å². The highest BCUT2D eigenvalue weighted by atomic mass is 19.1. The molecule has 0 N–H and O–H groups in total. The van der Waals surface area contributed by atoms with E-state index in [4.69, 9.17) is 4.74 Å². The molecule has 0 aromatic carbocycles. The van der Waals surface area contributed by atoms with Crippen molar-refractivity contribution in [1.82, 2.24) is 14.8 Å². The van der Waals surface area contributed by atoms with E-state index in [9.17, 15) is 9.18 Å². The van der Waals surface area contributed by atoms with Crippen LogP contribution in [0.5, 0.6) is 5.75 Å². The Hall–Kier alpha value is -2.24. The zero-order valence-corrected chi connectivity index (χ0v) is 9.35. The van der Waals surface area contributed by atoms with Crippen molar-refractivity contribution in [2.45, 2.75) is 0 Å². The lowest BCUT2D eigenvalue weighted by atomic mass is 10.1. The molecule has 5 nitrogen and oxygen atoms in total. The number of aryl methyl sites for hydroxylation is 1. The van der Waals surface area contributed by atoms with Crippen LogP contribution in [-0.2, 0) is 7.05 Å². The van der Waals surface area contributed by atoms with Gasteiger partial charge in [0.15, 0.2) is 17.3 Å². The molecule has 2 rings (SSSR count). The van der Waals surface area contributed by atoms with Crippen LogP contribution in [0, 0.1) is 5.82 Å². The molecule has 0 bridgehead atoms. The molecule has 0 aliphatic rings. The third kappa shape index (κ3) is 1.89. The Balaban J connectivity index is 2.51. The molecule has 2 aromatic rings. The minimum absolute atomic E-state index is 0.0538. The molecule has 6 heteroatoms. The predicted octanol–water partition coefficient (Wildman–Crippen LogP) is 1.19. The molecule has 17 heavy (non-hydrogen) atoms. The third-order valence-corrected chi connectivity index (χ3v) is 2.36. The van der Waals surface area contributed by atoms with Gasteiger partial charge in [-0.15, -0.1) is 0 Å². The number of aromatic nitrogens is 3. The van der Waals surface area contributed by atoms with Crippen LogP contribution >= 0.6 is 0 Å². The number of ether oxygens (including phenoxy) is 1. The molecular formula is C11H10FN3O2. The third-order valence-electron chi connectivity index (χ3n) is 2.36. The molecule has 0 atom stereocenters. The van der Waals surface area contributed by atoms with Crippen LogP contribution in [0.3, 0.4) is 0 Å². The Kier molecular flexibility index (Phi) is 2.86. The number of methoxy groups -OCH3 is 1. The first-order valence-electron chi connectivity index (χ1n) is 4.85. The predicted molar refractivity (Wildman–Crippen MR) is 57.4 cm³/mol. The van der Waals surface area contributed by atoms with E-state index in [1.165, 1.54) is 30.3 Å². The average molecular weight is 235 g/mol. The van der Waals surface area contributed by atoms with Crippen molar-refractivity contribution in [3.63, 3.8) is 0 Å². The topological polar surface area (TPSA) is 57.0 Å². The summed E-state index contributed by atoms with van der Waals surface area (Å²) in [6, 6.07) is 1.32. The van der Waals surface area contributed by atoms with Gasteiger partial charge >= 0.3 is 0 Å². The molecule has 88 valence electrons. The van der Waals surface area contributed by atoms with Crippen LogP contribution < -0.4 is 4.74 Å². The fraction of sp³-hybridized carbons (Fsp3) is 0.182. The van der Waals surface area contributed by atoms with Crippen molar-refractivity contribution in [2.24, 2.45) is 7.05 Å². The number of hydrogen-bond donors (Lipinski definition) is 0. The number of pyridine rings is 1. The smallest absolute Gasteiger partial charge is 0.217 e. The van der Waals surface area contributed by atoms with Crippen molar-refractivity contribution in [2.75, 3.05) is 7.11 Å². The van der Waals surface area contributed by atoms with Gasteiger partial charge in [-0.1, -0.05) is 0 Å². The number of hydrogen-bond acceptors (Lipinski definition) is 4. The second-order valence-corrected chi connectivity index (χ2v) is 3.37. The summed E-state index contributed by atoms with van der Waals surface area (Å²) in [4.78, 5) is 15.7. The minimum Gasteiger partial charge on any atom is -0.493 e. The fourth-order valence-corrected chi connectivity index (χ4v) is 1.51. The molecule has 0 unspecified atom stereocenters. The molecule has 0 spiro atoms. The van der Waals surface area contributed by atoms with E-state index in [0.717, 1.165) is 6.20 Å². The summed E-state index contributed by atoms with van der Waals surface area (Å²) in [6.07, 6.45) is 3.77. The van der Waals surface area contributed by atoms with Gasteiger partial charge in [0, 0.05) is 13.2 Å². The van der Waals surface area contributed by atoms with Gasteiger partial charge in [0.2, 0.25) is 5.78 Å². The second-order valence-electron chi connectivity index (χ2n) is 3.37. The lowest BCUT2D eigenvalue weighted by Crippen LogP contribution is -2.11. The summed E-state index contributed by atoms with van der Waals surface area (Å²) >= 11 is 0. The van der Waals surface area contributed by atoms with Gasteiger partial charge in [-0.05, 0) is 6.07 Å². The van der Waals surface area contributed by atoms with E-state index in [1.54, 1.807) is 7.05 Å². The van der Waals surface area contributed by atoms with Gasteiger partial charge in [0.25, 0.3) is 0 Å². The minimum atomic E-state index is -0.666. The molecule has 0 amide bonds. The monoisotopic (exact) mass is 235 g/mol. The second kappa shape index (κ2) is 4.32. The van der Waals surface area contributed by atoms with Crippen LogP contribution in [-0.4, -0.2) is 27.7 Å². The van der Waals surface area contributed by atoms with Crippen LogP contribution in [0.2, 0.25) is 0 Å². The summed E-state index contributed by atoms with van der Waals surface area (Å²) in [7, 11) is 3.02. The number of carbonyl (C=O) groups excluding carboxylic acids is 1. The first-order valence-corrected chi connectivity index (χ1v) is 4.85. The molecule has 0 aliphatic heterocycles. The molecule has 0 aliphatic carbocycles. The maximum atomic E-state index is 13.4. The lowest BCUT2D eigenvalue weighted by Gasteiger charge is -2.04. The first-order chi connectivity index (χ1) is 8.15. The van der Waals surface area contributed by atoms with Gasteiger partial charge in [-0.25, -0.2) is 4.39 Å². The summed E-state index contributed by atoms with van der Waals surface area (Å²) in [6.45, 7) is 0. The van der Waals surface area contributed by atoms with Crippen LogP contribution in [0.4, 0.5) is 4.39 Å². The average Bonchev–Trinajstić information content (AvgIpc) is 2.70. The SMILES string of the molecule is COc1cnn(C)c1C(=O)c1ccncc1F. The quantitative estimate of drug-likeness (QED) is 0.750. The number of nitrogens with zero attached hydrogens (tertiary/aromatic N) is 3. The molecule has 0 fully saturated rings. The van der Waals surface area contributed by atoms with Gasteiger partial charge in [-0.2, -0.15) is 5.10 Å². The van der Waals surface area contributed by atoms with E-state index < -0.39 is 11.6 Å². The van der Waals surface area contributed by atoms with E-state index in [1.807, 2.05) is 0 Å². The Morgan fingerprint density at radius 3 is 2.88 bits per heavy atom. The molecule has 0 saturated heterocycles. The van der Waals surface area contributed by atoms with E-state index in [2.05, 4.69) is 10.1 Å². The number of carbonyl (C=O) groups is 1. The van der Waals surface area contributed by atoms with Gasteiger partial charge in [0.1, 0.15) is 0 Å². The summed E-state index contributed by atoms with van der Waals surface area (Å²) in [5.41, 5.74) is 0.152. The van der Waals surface area contributed by atoms with Gasteiger partial charge < -0.3 is 4.74 Å². The zero-order valence-electron chi connectivity index (χ0n) is 9.35. The Labute approximate surface area is 96.9 Å². The van der Waals surface area contributed by atoms with E-state index in [0.29, 0.717) is 5.75 Å². The van der Waals surface area contributed by atoms with Crippen molar-refractivity contribution in [3.8, 4) is 5.75 Å². The lowest BCUT2D eigenvalue weighted by molar-refractivity contribution is 0.102. The van der Waals surface area contributed by atoms with Crippen molar-refractivity contribution >= 4 is 5.78 Å². The number of rotatable bonds is 3. The van der Waals surface area contributed by atoms with Crippen LogP contribution in [0.1, 0.15) is 16.1 Å². The molecule has 0 saturated carbocycles. The number of ketones is 1. The summed E-state index contributed by atoms with van der Waals surface area (Å²) in [5.74, 6) is -0.837. The van der Waals surface area contributed by atoms with E-state index >= 15 is 0 Å². The van der Waals surface area contributed by atoms with Crippen LogP contribution in [0.25, 0.3) is 0 Å². The van der Waals surface area contributed by atoms with Gasteiger partial charge in [-0.3, -0.25) is 14.5 Å². The highest BCUT2D eigenvalue weighted by Gasteiger charge is 2.21. The largest absolute Gasteiger partial charge is 0.493 e. The fourth-order valence-electron chi connectivity index (χ4n) is 1.51. The van der Waals surface area contributed by atoms with Crippen molar-refractivity contribution in [3.05, 3.63) is 41.7 Å². The van der Waals surface area contributed by atoms with Crippen molar-refractivity contribution in [1.29, 1.82) is 0 Å². The molecule has 0 radical (unpaired) electrons. The standard InChI is InChI=1S/C11H10FN3O2/c1-15-10(9(17-2)6-14-15)11(16)7-3-4-13-5-8(7)12/h3-6H,1-2H3. The highest BCUT2D eigenvalue weighted by Crippen LogP contribution is 2.21. The first kappa shape index (κ1) is 11.3. The Bertz CT molecular complexity index is 566. The molecule has 2 aromatic heterocycles.